The maximum Gasteiger partial charge on any atom is 0.197 e. The molecule has 0 saturated heterocycles. The molecule has 4 rings (SSSR count). The van der Waals surface area contributed by atoms with Crippen LogP contribution in [0.15, 0.2) is 81.2 Å². The van der Waals surface area contributed by atoms with Gasteiger partial charge in [0.1, 0.15) is 12.4 Å². The average molecular weight is 498 g/mol. The highest BCUT2D eigenvalue weighted by Gasteiger charge is 2.32. The molecule has 0 amide bonds. The van der Waals surface area contributed by atoms with Crippen LogP contribution in [0.2, 0.25) is 0 Å². The average Bonchev–Trinajstić information content (AvgIpc) is 2.93. The SMILES string of the molecule is O=C1C(=Cc2cc(Br)c(OCc3ccccc3)c(Br)c2)C(=O)c2ccccc21. The van der Waals surface area contributed by atoms with Gasteiger partial charge in [-0.05, 0) is 61.2 Å². The Morgan fingerprint density at radius 1 is 0.786 bits per heavy atom. The van der Waals surface area contributed by atoms with Crippen LogP contribution in [0.5, 0.6) is 5.75 Å². The maximum absolute atomic E-state index is 12.6. The summed E-state index contributed by atoms with van der Waals surface area (Å²) < 4.78 is 7.40. The zero-order valence-corrected chi connectivity index (χ0v) is 17.8. The number of hydrogen-bond donors (Lipinski definition) is 0. The Kier molecular flexibility index (Phi) is 5.29. The minimum atomic E-state index is -0.239. The van der Waals surface area contributed by atoms with Crippen molar-refractivity contribution in [2.24, 2.45) is 0 Å². The summed E-state index contributed by atoms with van der Waals surface area (Å²) in [4.78, 5) is 25.1. The van der Waals surface area contributed by atoms with Crippen molar-refractivity contribution in [3.05, 3.63) is 104 Å². The Balaban J connectivity index is 1.61. The van der Waals surface area contributed by atoms with Crippen molar-refractivity contribution < 1.29 is 14.3 Å². The van der Waals surface area contributed by atoms with E-state index in [1.54, 1.807) is 30.3 Å². The van der Waals surface area contributed by atoms with Crippen LogP contribution in [-0.4, -0.2) is 11.6 Å². The number of allylic oxidation sites excluding steroid dienone is 1. The second-order valence-corrected chi connectivity index (χ2v) is 8.06. The molecule has 0 radical (unpaired) electrons. The fraction of sp³-hybridized carbons (Fsp3) is 0.0435. The molecule has 1 aliphatic carbocycles. The van der Waals surface area contributed by atoms with E-state index in [9.17, 15) is 9.59 Å². The molecule has 0 unspecified atom stereocenters. The highest BCUT2D eigenvalue weighted by molar-refractivity contribution is 9.11. The number of Topliss-reactive ketones (excluding diaryl/α,β-unsaturated/α-hetero) is 2. The van der Waals surface area contributed by atoms with Gasteiger partial charge in [-0.3, -0.25) is 9.59 Å². The number of ether oxygens (including phenoxy) is 1. The molecular weight excluding hydrogens is 484 g/mol. The minimum Gasteiger partial charge on any atom is -0.487 e. The number of rotatable bonds is 4. The Hall–Kier alpha value is -2.50. The smallest absolute Gasteiger partial charge is 0.197 e. The molecule has 0 bridgehead atoms. The van der Waals surface area contributed by atoms with Crippen molar-refractivity contribution in [1.82, 2.24) is 0 Å². The summed E-state index contributed by atoms with van der Waals surface area (Å²) in [7, 11) is 0. The van der Waals surface area contributed by atoms with Gasteiger partial charge >= 0.3 is 0 Å². The number of fused-ring (bicyclic) bond motifs is 1. The number of carbonyl (C=O) groups is 2. The predicted molar refractivity (Wildman–Crippen MR) is 116 cm³/mol. The summed E-state index contributed by atoms with van der Waals surface area (Å²) in [5, 5.41) is 0. The fourth-order valence-corrected chi connectivity index (χ4v) is 4.55. The van der Waals surface area contributed by atoms with Crippen molar-refractivity contribution in [3.8, 4) is 5.75 Å². The molecule has 0 spiro atoms. The number of halogens is 2. The van der Waals surface area contributed by atoms with E-state index in [4.69, 9.17) is 4.74 Å². The summed E-state index contributed by atoms with van der Waals surface area (Å²) in [6.07, 6.45) is 1.63. The normalized spacial score (nSPS) is 12.9. The Morgan fingerprint density at radius 2 is 1.32 bits per heavy atom. The maximum atomic E-state index is 12.6. The molecule has 0 aliphatic heterocycles. The molecule has 0 atom stereocenters. The third-order valence-electron chi connectivity index (χ3n) is 4.46. The van der Waals surface area contributed by atoms with E-state index in [1.807, 2.05) is 42.5 Å². The first-order valence-electron chi connectivity index (χ1n) is 8.60. The molecule has 3 nitrogen and oxygen atoms in total. The molecule has 28 heavy (non-hydrogen) atoms. The molecule has 138 valence electrons. The molecule has 3 aromatic rings. The zero-order valence-electron chi connectivity index (χ0n) is 14.6. The van der Waals surface area contributed by atoms with Gasteiger partial charge in [-0.1, -0.05) is 54.6 Å². The first-order valence-corrected chi connectivity index (χ1v) is 10.2. The molecule has 0 saturated carbocycles. The first kappa shape index (κ1) is 18.8. The van der Waals surface area contributed by atoms with E-state index in [1.165, 1.54) is 0 Å². The lowest BCUT2D eigenvalue weighted by atomic mass is 10.1. The van der Waals surface area contributed by atoms with Crippen molar-refractivity contribution in [1.29, 1.82) is 0 Å². The molecule has 1 aliphatic rings. The Bertz CT molecular complexity index is 1060. The monoisotopic (exact) mass is 496 g/mol. The predicted octanol–water partition coefficient (Wildman–Crippen LogP) is 6.25. The lowest BCUT2D eigenvalue weighted by Gasteiger charge is -2.11. The van der Waals surface area contributed by atoms with Crippen LogP contribution in [-0.2, 0) is 6.61 Å². The lowest BCUT2D eigenvalue weighted by molar-refractivity contribution is 0.0990. The van der Waals surface area contributed by atoms with Gasteiger partial charge in [-0.25, -0.2) is 0 Å². The van der Waals surface area contributed by atoms with Gasteiger partial charge in [0.05, 0.1) is 14.5 Å². The summed E-state index contributed by atoms with van der Waals surface area (Å²) in [5.41, 5.74) is 2.89. The van der Waals surface area contributed by atoms with Crippen LogP contribution in [0, 0.1) is 0 Å². The Morgan fingerprint density at radius 3 is 1.89 bits per heavy atom. The summed E-state index contributed by atoms with van der Waals surface area (Å²) in [5.74, 6) is 0.188. The fourth-order valence-electron chi connectivity index (χ4n) is 3.10. The van der Waals surface area contributed by atoms with E-state index in [2.05, 4.69) is 31.9 Å². The molecule has 0 heterocycles. The molecular formula is C23H14Br2O3. The molecule has 3 aromatic carbocycles. The quantitative estimate of drug-likeness (QED) is 0.316. The molecule has 0 aromatic heterocycles. The van der Waals surface area contributed by atoms with Gasteiger partial charge in [-0.2, -0.15) is 0 Å². The Labute approximate surface area is 179 Å². The van der Waals surface area contributed by atoms with Crippen LogP contribution >= 0.6 is 31.9 Å². The number of benzene rings is 3. The van der Waals surface area contributed by atoms with Gasteiger partial charge in [0.25, 0.3) is 0 Å². The summed E-state index contributed by atoms with van der Waals surface area (Å²) >= 11 is 7.05. The highest BCUT2D eigenvalue weighted by atomic mass is 79.9. The van der Waals surface area contributed by atoms with Crippen LogP contribution in [0.1, 0.15) is 31.8 Å². The second-order valence-electron chi connectivity index (χ2n) is 6.35. The van der Waals surface area contributed by atoms with E-state index in [-0.39, 0.29) is 17.1 Å². The first-order chi connectivity index (χ1) is 13.5. The van der Waals surface area contributed by atoms with Crippen molar-refractivity contribution in [2.75, 3.05) is 0 Å². The number of ketones is 2. The van der Waals surface area contributed by atoms with Crippen molar-refractivity contribution in [3.63, 3.8) is 0 Å². The molecule has 0 fully saturated rings. The largest absolute Gasteiger partial charge is 0.487 e. The van der Waals surface area contributed by atoms with Gasteiger partial charge in [0, 0.05) is 11.1 Å². The zero-order chi connectivity index (χ0) is 19.7. The van der Waals surface area contributed by atoms with Crippen molar-refractivity contribution in [2.45, 2.75) is 6.61 Å². The van der Waals surface area contributed by atoms with Gasteiger partial charge in [0.15, 0.2) is 11.6 Å². The summed E-state index contributed by atoms with van der Waals surface area (Å²) in [6, 6.07) is 20.4. The van der Waals surface area contributed by atoms with Crippen LogP contribution < -0.4 is 4.74 Å². The highest BCUT2D eigenvalue weighted by Crippen LogP contribution is 2.37. The van der Waals surface area contributed by atoms with Gasteiger partial charge in [-0.15, -0.1) is 0 Å². The minimum absolute atomic E-state index is 0.179. The lowest BCUT2D eigenvalue weighted by Crippen LogP contribution is -2.01. The van der Waals surface area contributed by atoms with E-state index < -0.39 is 0 Å². The topological polar surface area (TPSA) is 43.4 Å². The van der Waals surface area contributed by atoms with E-state index in [0.29, 0.717) is 23.5 Å². The van der Waals surface area contributed by atoms with E-state index >= 15 is 0 Å². The second kappa shape index (κ2) is 7.86. The van der Waals surface area contributed by atoms with Gasteiger partial charge < -0.3 is 4.74 Å². The third-order valence-corrected chi connectivity index (χ3v) is 5.64. The van der Waals surface area contributed by atoms with Crippen LogP contribution in [0.4, 0.5) is 0 Å². The third kappa shape index (κ3) is 3.60. The van der Waals surface area contributed by atoms with Crippen LogP contribution in [0.25, 0.3) is 6.08 Å². The van der Waals surface area contributed by atoms with Crippen LogP contribution in [0.3, 0.4) is 0 Å². The van der Waals surface area contributed by atoms with E-state index in [0.717, 1.165) is 20.1 Å². The molecule has 5 heteroatoms. The van der Waals surface area contributed by atoms with Crippen molar-refractivity contribution >= 4 is 49.5 Å². The van der Waals surface area contributed by atoms with Gasteiger partial charge in [0.2, 0.25) is 0 Å². The number of hydrogen-bond acceptors (Lipinski definition) is 3. The summed E-state index contributed by atoms with van der Waals surface area (Å²) in [6.45, 7) is 0.435. The standard InChI is InChI=1S/C23H14Br2O3/c24-19-11-15(10-18-21(26)16-8-4-5-9-17(16)22(18)27)12-20(25)23(19)28-13-14-6-2-1-3-7-14/h1-12H,13H2. The molecule has 0 N–H and O–H groups in total. The number of carbonyl (C=O) groups excluding carboxylic acids is 2.